The first-order chi connectivity index (χ1) is 14.8. The van der Waals surface area contributed by atoms with E-state index in [1.54, 1.807) is 0 Å². The molecule has 7 heteroatoms. The van der Waals surface area contributed by atoms with Crippen LogP contribution in [0.15, 0.2) is 46.9 Å². The Morgan fingerprint density at radius 3 is 3.00 bits per heavy atom. The van der Waals surface area contributed by atoms with E-state index in [0.29, 0.717) is 18.6 Å². The van der Waals surface area contributed by atoms with Crippen LogP contribution in [0.3, 0.4) is 0 Å². The van der Waals surface area contributed by atoms with Gasteiger partial charge in [0, 0.05) is 31.5 Å². The minimum absolute atomic E-state index is 0.254. The molecule has 7 nitrogen and oxygen atoms in total. The number of oxazole rings is 1. The van der Waals surface area contributed by atoms with E-state index >= 15 is 0 Å². The molecular formula is C23H26N4O3. The van der Waals surface area contributed by atoms with Gasteiger partial charge >= 0.3 is 0 Å². The van der Waals surface area contributed by atoms with Gasteiger partial charge in [0.2, 0.25) is 6.79 Å². The van der Waals surface area contributed by atoms with E-state index in [9.17, 15) is 0 Å². The van der Waals surface area contributed by atoms with Crippen LogP contribution in [0.4, 0.5) is 0 Å². The van der Waals surface area contributed by atoms with Crippen molar-refractivity contribution in [2.75, 3.05) is 33.0 Å². The molecule has 0 radical (unpaired) electrons. The minimum atomic E-state index is 0.254. The summed E-state index contributed by atoms with van der Waals surface area (Å²) in [5.41, 5.74) is 9.90. The molecule has 0 aliphatic carbocycles. The Morgan fingerprint density at radius 2 is 2.03 bits per heavy atom. The number of para-hydroxylation sites is 2. The van der Waals surface area contributed by atoms with E-state index in [1.165, 1.54) is 12.0 Å². The second-order valence-corrected chi connectivity index (χ2v) is 8.49. The summed E-state index contributed by atoms with van der Waals surface area (Å²) in [6, 6.07) is 14.6. The molecule has 3 aliphatic rings. The number of hydrazine groups is 1. The van der Waals surface area contributed by atoms with Crippen molar-refractivity contribution in [2.45, 2.75) is 24.8 Å². The molecule has 6 rings (SSSR count). The molecule has 2 N–H and O–H groups in total. The molecule has 3 aromatic rings. The molecule has 0 amide bonds. The fourth-order valence-electron chi connectivity index (χ4n) is 4.99. The average Bonchev–Trinajstić information content (AvgIpc) is 3.52. The number of fused-ring (bicyclic) bond motifs is 2. The number of ether oxygens (including phenoxy) is 2. The van der Waals surface area contributed by atoms with Crippen LogP contribution in [0, 0.1) is 5.92 Å². The SMILES string of the molecule is c1ccc2oc(C3CCCN(CC4CNNC4c4ccc5c(c4)OCO5)C3)nc2c1. The highest BCUT2D eigenvalue weighted by molar-refractivity contribution is 5.72. The van der Waals surface area contributed by atoms with Crippen LogP contribution in [0.1, 0.15) is 36.3 Å². The molecule has 3 atom stereocenters. The van der Waals surface area contributed by atoms with Gasteiger partial charge < -0.3 is 18.8 Å². The lowest BCUT2D eigenvalue weighted by molar-refractivity contribution is 0.166. The smallest absolute Gasteiger partial charge is 0.231 e. The number of benzene rings is 2. The Bertz CT molecular complexity index is 1020. The van der Waals surface area contributed by atoms with Crippen molar-refractivity contribution >= 4 is 11.1 Å². The van der Waals surface area contributed by atoms with Crippen molar-refractivity contribution in [1.29, 1.82) is 0 Å². The maximum Gasteiger partial charge on any atom is 0.231 e. The number of likely N-dealkylation sites (tertiary alicyclic amines) is 1. The van der Waals surface area contributed by atoms with Crippen LogP contribution in [-0.4, -0.2) is 42.9 Å². The summed E-state index contributed by atoms with van der Waals surface area (Å²) in [4.78, 5) is 7.33. The minimum Gasteiger partial charge on any atom is -0.454 e. The van der Waals surface area contributed by atoms with E-state index in [4.69, 9.17) is 18.9 Å². The van der Waals surface area contributed by atoms with Crippen LogP contribution in [0.25, 0.3) is 11.1 Å². The molecule has 2 aromatic carbocycles. The van der Waals surface area contributed by atoms with E-state index < -0.39 is 0 Å². The first-order valence-electron chi connectivity index (χ1n) is 10.8. The third kappa shape index (κ3) is 3.33. The molecule has 30 heavy (non-hydrogen) atoms. The molecule has 3 aliphatic heterocycles. The lowest BCUT2D eigenvalue weighted by Gasteiger charge is -2.34. The quantitative estimate of drug-likeness (QED) is 0.689. The Balaban J connectivity index is 1.16. The van der Waals surface area contributed by atoms with Gasteiger partial charge in [0.15, 0.2) is 23.0 Å². The molecule has 2 saturated heterocycles. The highest BCUT2D eigenvalue weighted by Gasteiger charge is 2.33. The highest BCUT2D eigenvalue weighted by atomic mass is 16.7. The fourth-order valence-corrected chi connectivity index (χ4v) is 4.99. The summed E-state index contributed by atoms with van der Waals surface area (Å²) < 4.78 is 17.1. The zero-order chi connectivity index (χ0) is 19.9. The van der Waals surface area contributed by atoms with Crippen LogP contribution < -0.4 is 20.3 Å². The summed E-state index contributed by atoms with van der Waals surface area (Å²) >= 11 is 0. The molecule has 0 saturated carbocycles. The third-order valence-electron chi connectivity index (χ3n) is 6.51. The lowest BCUT2D eigenvalue weighted by atomic mass is 9.92. The lowest BCUT2D eigenvalue weighted by Crippen LogP contribution is -2.39. The number of rotatable bonds is 4. The van der Waals surface area contributed by atoms with Gasteiger partial charge in [-0.15, -0.1) is 0 Å². The zero-order valence-electron chi connectivity index (χ0n) is 16.8. The van der Waals surface area contributed by atoms with Gasteiger partial charge in [-0.1, -0.05) is 18.2 Å². The summed E-state index contributed by atoms with van der Waals surface area (Å²) in [5.74, 6) is 3.40. The average molecular weight is 406 g/mol. The first-order valence-corrected chi connectivity index (χ1v) is 10.8. The van der Waals surface area contributed by atoms with E-state index in [-0.39, 0.29) is 6.04 Å². The fraction of sp³-hybridized carbons (Fsp3) is 0.435. The standard InChI is InChI=1S/C23H26N4O3/c1-2-6-19-18(5-1)25-23(30-19)16-4-3-9-27(12-16)13-17-11-24-26-22(17)15-7-8-20-21(10-15)29-14-28-20/h1-2,5-8,10,16-17,22,24,26H,3-4,9,11-14H2. The van der Waals surface area contributed by atoms with Gasteiger partial charge in [-0.2, -0.15) is 0 Å². The molecule has 3 unspecified atom stereocenters. The number of aromatic nitrogens is 1. The first kappa shape index (κ1) is 18.2. The molecule has 4 heterocycles. The monoisotopic (exact) mass is 406 g/mol. The number of nitrogens with zero attached hydrogens (tertiary/aromatic N) is 2. The topological polar surface area (TPSA) is 71.8 Å². The van der Waals surface area contributed by atoms with Gasteiger partial charge in [0.25, 0.3) is 0 Å². The summed E-state index contributed by atoms with van der Waals surface area (Å²) in [7, 11) is 0. The maximum atomic E-state index is 6.07. The number of piperidine rings is 1. The molecule has 0 bridgehead atoms. The van der Waals surface area contributed by atoms with E-state index in [1.807, 2.05) is 30.3 Å². The largest absolute Gasteiger partial charge is 0.454 e. The molecule has 2 fully saturated rings. The van der Waals surface area contributed by atoms with Crippen molar-refractivity contribution in [3.05, 3.63) is 53.9 Å². The number of nitrogens with one attached hydrogen (secondary N) is 2. The summed E-state index contributed by atoms with van der Waals surface area (Å²) in [6.07, 6.45) is 2.31. The zero-order valence-corrected chi connectivity index (χ0v) is 16.8. The summed E-state index contributed by atoms with van der Waals surface area (Å²) in [5, 5.41) is 0. The second-order valence-electron chi connectivity index (χ2n) is 8.49. The van der Waals surface area contributed by atoms with Gasteiger partial charge in [-0.05, 0) is 49.2 Å². The predicted molar refractivity (Wildman–Crippen MR) is 112 cm³/mol. The Labute approximate surface area is 175 Å². The normalized spacial score (nSPS) is 26.5. The molecule has 0 spiro atoms. The van der Waals surface area contributed by atoms with Crippen LogP contribution in [0.2, 0.25) is 0 Å². The Kier molecular flexibility index (Phi) is 4.59. The van der Waals surface area contributed by atoms with Crippen LogP contribution in [0.5, 0.6) is 11.5 Å². The van der Waals surface area contributed by atoms with E-state index in [2.05, 4.69) is 27.9 Å². The van der Waals surface area contributed by atoms with Gasteiger partial charge in [0.1, 0.15) is 5.52 Å². The van der Waals surface area contributed by atoms with Crippen LogP contribution >= 0.6 is 0 Å². The Hall–Kier alpha value is -2.61. The van der Waals surface area contributed by atoms with Gasteiger partial charge in [0.05, 0.1) is 6.04 Å². The summed E-state index contributed by atoms with van der Waals surface area (Å²) in [6.45, 7) is 4.42. The second kappa shape index (κ2) is 7.58. The Morgan fingerprint density at radius 1 is 1.10 bits per heavy atom. The number of hydrogen-bond donors (Lipinski definition) is 2. The maximum absolute atomic E-state index is 6.07. The predicted octanol–water partition coefficient (Wildman–Crippen LogP) is 3.20. The van der Waals surface area contributed by atoms with Crippen molar-refractivity contribution in [2.24, 2.45) is 5.92 Å². The van der Waals surface area contributed by atoms with Gasteiger partial charge in [-0.25, -0.2) is 10.4 Å². The van der Waals surface area contributed by atoms with Crippen LogP contribution in [-0.2, 0) is 0 Å². The van der Waals surface area contributed by atoms with Crippen molar-refractivity contribution in [3.8, 4) is 11.5 Å². The molecular weight excluding hydrogens is 380 g/mol. The highest BCUT2D eigenvalue weighted by Crippen LogP contribution is 2.37. The van der Waals surface area contributed by atoms with Gasteiger partial charge in [-0.3, -0.25) is 5.43 Å². The van der Waals surface area contributed by atoms with Crippen molar-refractivity contribution in [3.63, 3.8) is 0 Å². The van der Waals surface area contributed by atoms with Crippen molar-refractivity contribution < 1.29 is 13.9 Å². The molecule has 156 valence electrons. The number of hydrogen-bond acceptors (Lipinski definition) is 7. The molecule has 1 aromatic heterocycles. The third-order valence-corrected chi connectivity index (χ3v) is 6.51. The van der Waals surface area contributed by atoms with E-state index in [0.717, 1.165) is 61.1 Å². The van der Waals surface area contributed by atoms with Crippen molar-refractivity contribution in [1.82, 2.24) is 20.7 Å².